The van der Waals surface area contributed by atoms with Gasteiger partial charge in [0.15, 0.2) is 0 Å². The average Bonchev–Trinajstić information content (AvgIpc) is 2.89. The van der Waals surface area contributed by atoms with E-state index in [4.69, 9.17) is 4.74 Å². The van der Waals surface area contributed by atoms with Crippen molar-refractivity contribution in [2.45, 2.75) is 5.92 Å². The maximum absolute atomic E-state index is 5.35. The van der Waals surface area contributed by atoms with Crippen molar-refractivity contribution >= 4 is 11.0 Å². The van der Waals surface area contributed by atoms with Gasteiger partial charge in [0, 0.05) is 7.11 Å². The molecule has 3 aromatic rings. The number of ether oxygens (including phenoxy) is 1. The predicted octanol–water partition coefficient (Wildman–Crippen LogP) is 3.34. The average molecular weight is 252 g/mol. The Morgan fingerprint density at radius 2 is 1.79 bits per heavy atom. The van der Waals surface area contributed by atoms with Gasteiger partial charge in [-0.3, -0.25) is 0 Å². The molecular formula is C16H16N2O. The van der Waals surface area contributed by atoms with Gasteiger partial charge in [-0.25, -0.2) is 4.98 Å². The molecule has 0 fully saturated rings. The molecular weight excluding hydrogens is 236 g/mol. The van der Waals surface area contributed by atoms with Crippen LogP contribution in [0.4, 0.5) is 0 Å². The van der Waals surface area contributed by atoms with Crippen LogP contribution in [-0.2, 0) is 4.74 Å². The molecule has 0 aliphatic heterocycles. The first-order valence-electron chi connectivity index (χ1n) is 6.37. The van der Waals surface area contributed by atoms with E-state index in [1.165, 1.54) is 5.56 Å². The highest BCUT2D eigenvalue weighted by Crippen LogP contribution is 2.24. The van der Waals surface area contributed by atoms with Crippen molar-refractivity contribution in [3.05, 3.63) is 66.0 Å². The van der Waals surface area contributed by atoms with E-state index in [9.17, 15) is 0 Å². The highest BCUT2D eigenvalue weighted by atomic mass is 16.5. The van der Waals surface area contributed by atoms with Gasteiger partial charge in [-0.1, -0.05) is 42.5 Å². The van der Waals surface area contributed by atoms with E-state index in [0.29, 0.717) is 6.61 Å². The number of fused-ring (bicyclic) bond motifs is 1. The summed E-state index contributed by atoms with van der Waals surface area (Å²) in [5.74, 6) is 1.09. The number of hydrogen-bond donors (Lipinski definition) is 1. The second-order valence-electron chi connectivity index (χ2n) is 4.56. The number of hydrogen-bond acceptors (Lipinski definition) is 2. The molecule has 0 aliphatic carbocycles. The van der Waals surface area contributed by atoms with Crippen LogP contribution in [0.5, 0.6) is 0 Å². The number of benzene rings is 2. The molecule has 2 aromatic carbocycles. The quantitative estimate of drug-likeness (QED) is 0.773. The van der Waals surface area contributed by atoms with E-state index in [1.807, 2.05) is 42.5 Å². The van der Waals surface area contributed by atoms with Crippen molar-refractivity contribution in [1.82, 2.24) is 9.97 Å². The molecule has 19 heavy (non-hydrogen) atoms. The Morgan fingerprint density at radius 1 is 1.05 bits per heavy atom. The highest BCUT2D eigenvalue weighted by Gasteiger charge is 2.17. The molecule has 96 valence electrons. The molecule has 1 unspecified atom stereocenters. The summed E-state index contributed by atoms with van der Waals surface area (Å²) >= 11 is 0. The topological polar surface area (TPSA) is 37.9 Å². The molecule has 1 aromatic heterocycles. The van der Waals surface area contributed by atoms with Crippen molar-refractivity contribution in [2.75, 3.05) is 13.7 Å². The molecule has 0 saturated carbocycles. The Morgan fingerprint density at radius 3 is 2.53 bits per heavy atom. The van der Waals surface area contributed by atoms with Crippen LogP contribution in [0.1, 0.15) is 17.3 Å². The van der Waals surface area contributed by atoms with Crippen LogP contribution in [-0.4, -0.2) is 23.7 Å². The summed E-state index contributed by atoms with van der Waals surface area (Å²) in [6.07, 6.45) is 0. The number of aromatic nitrogens is 2. The molecule has 3 heteroatoms. The largest absolute Gasteiger partial charge is 0.384 e. The lowest BCUT2D eigenvalue weighted by molar-refractivity contribution is 0.187. The lowest BCUT2D eigenvalue weighted by Gasteiger charge is -2.13. The van der Waals surface area contributed by atoms with Crippen molar-refractivity contribution in [3.63, 3.8) is 0 Å². The number of aromatic amines is 1. The summed E-state index contributed by atoms with van der Waals surface area (Å²) in [6, 6.07) is 18.4. The third-order valence-electron chi connectivity index (χ3n) is 3.27. The number of nitrogens with one attached hydrogen (secondary N) is 1. The number of nitrogens with zero attached hydrogens (tertiary/aromatic N) is 1. The van der Waals surface area contributed by atoms with Gasteiger partial charge in [-0.15, -0.1) is 0 Å². The fourth-order valence-corrected chi connectivity index (χ4v) is 2.32. The van der Waals surface area contributed by atoms with Gasteiger partial charge in [0.25, 0.3) is 0 Å². The van der Waals surface area contributed by atoms with E-state index in [2.05, 4.69) is 22.1 Å². The minimum Gasteiger partial charge on any atom is -0.384 e. The van der Waals surface area contributed by atoms with Gasteiger partial charge >= 0.3 is 0 Å². The van der Waals surface area contributed by atoms with Gasteiger partial charge in [0.2, 0.25) is 0 Å². The van der Waals surface area contributed by atoms with Crippen LogP contribution in [0.3, 0.4) is 0 Å². The molecule has 0 spiro atoms. The zero-order valence-electron chi connectivity index (χ0n) is 10.8. The van der Waals surface area contributed by atoms with Gasteiger partial charge in [-0.2, -0.15) is 0 Å². The maximum atomic E-state index is 5.35. The molecule has 0 amide bonds. The number of methoxy groups -OCH3 is 1. The van der Waals surface area contributed by atoms with Crippen molar-refractivity contribution < 1.29 is 4.74 Å². The van der Waals surface area contributed by atoms with Crippen LogP contribution in [0.2, 0.25) is 0 Å². The summed E-state index contributed by atoms with van der Waals surface area (Å²) in [5, 5.41) is 0. The Hall–Kier alpha value is -2.13. The Labute approximate surface area is 112 Å². The van der Waals surface area contributed by atoms with Gasteiger partial charge in [-0.05, 0) is 17.7 Å². The summed E-state index contributed by atoms with van der Waals surface area (Å²) in [6.45, 7) is 0.615. The van der Waals surface area contributed by atoms with Crippen LogP contribution >= 0.6 is 0 Å². The normalized spacial score (nSPS) is 12.7. The third kappa shape index (κ3) is 2.37. The number of rotatable bonds is 4. The van der Waals surface area contributed by atoms with Crippen molar-refractivity contribution in [1.29, 1.82) is 0 Å². The highest BCUT2D eigenvalue weighted by molar-refractivity contribution is 5.75. The first-order valence-corrected chi connectivity index (χ1v) is 6.37. The lowest BCUT2D eigenvalue weighted by atomic mass is 9.99. The predicted molar refractivity (Wildman–Crippen MR) is 76.3 cm³/mol. The zero-order chi connectivity index (χ0) is 13.1. The summed E-state index contributed by atoms with van der Waals surface area (Å²) < 4.78 is 5.35. The van der Waals surface area contributed by atoms with Crippen molar-refractivity contribution in [2.24, 2.45) is 0 Å². The molecule has 0 bridgehead atoms. The molecule has 0 saturated heterocycles. The smallest absolute Gasteiger partial charge is 0.117 e. The van der Waals surface area contributed by atoms with Gasteiger partial charge in [0.1, 0.15) is 5.82 Å². The van der Waals surface area contributed by atoms with E-state index >= 15 is 0 Å². The number of para-hydroxylation sites is 2. The third-order valence-corrected chi connectivity index (χ3v) is 3.27. The van der Waals surface area contributed by atoms with Crippen LogP contribution in [0.25, 0.3) is 11.0 Å². The molecule has 1 atom stereocenters. The Balaban J connectivity index is 2.04. The summed E-state index contributed by atoms with van der Waals surface area (Å²) in [5.41, 5.74) is 3.27. The molecule has 0 radical (unpaired) electrons. The van der Waals surface area contributed by atoms with E-state index < -0.39 is 0 Å². The Kier molecular flexibility index (Phi) is 3.29. The number of H-pyrrole nitrogens is 1. The second kappa shape index (κ2) is 5.24. The van der Waals surface area contributed by atoms with Gasteiger partial charge < -0.3 is 9.72 Å². The minimum atomic E-state index is 0.138. The SMILES string of the molecule is COCC(c1ccccc1)c1nc2ccccc2[nH]1. The van der Waals surface area contributed by atoms with Crippen LogP contribution in [0, 0.1) is 0 Å². The maximum Gasteiger partial charge on any atom is 0.117 e. The fourth-order valence-electron chi connectivity index (χ4n) is 2.32. The van der Waals surface area contributed by atoms with Crippen LogP contribution < -0.4 is 0 Å². The Bertz CT molecular complexity index is 628. The van der Waals surface area contributed by atoms with Gasteiger partial charge in [0.05, 0.1) is 23.6 Å². The first kappa shape index (κ1) is 11.9. The monoisotopic (exact) mass is 252 g/mol. The van der Waals surface area contributed by atoms with E-state index in [-0.39, 0.29) is 5.92 Å². The molecule has 0 aliphatic rings. The minimum absolute atomic E-state index is 0.138. The lowest BCUT2D eigenvalue weighted by Crippen LogP contribution is -2.09. The van der Waals surface area contributed by atoms with Crippen molar-refractivity contribution in [3.8, 4) is 0 Å². The fraction of sp³-hybridized carbons (Fsp3) is 0.188. The molecule has 3 rings (SSSR count). The second-order valence-corrected chi connectivity index (χ2v) is 4.56. The molecule has 3 nitrogen and oxygen atoms in total. The number of imidazole rings is 1. The standard InChI is InChI=1S/C16H16N2O/c1-19-11-13(12-7-3-2-4-8-12)16-17-14-9-5-6-10-15(14)18-16/h2-10,13H,11H2,1H3,(H,17,18). The van der Waals surface area contributed by atoms with E-state index in [1.54, 1.807) is 7.11 Å². The first-order chi connectivity index (χ1) is 9.38. The zero-order valence-corrected chi connectivity index (χ0v) is 10.8. The summed E-state index contributed by atoms with van der Waals surface area (Å²) in [4.78, 5) is 8.06. The van der Waals surface area contributed by atoms with Crippen LogP contribution in [0.15, 0.2) is 54.6 Å². The van der Waals surface area contributed by atoms with E-state index in [0.717, 1.165) is 16.9 Å². The molecule has 1 heterocycles. The molecule has 1 N–H and O–H groups in total. The summed E-state index contributed by atoms with van der Waals surface area (Å²) in [7, 11) is 1.72.